The van der Waals surface area contributed by atoms with Crippen molar-refractivity contribution in [1.29, 1.82) is 0 Å². The molecular formula is C26H25NO2. The molecule has 0 aromatic heterocycles. The van der Waals surface area contributed by atoms with Gasteiger partial charge >= 0.3 is 0 Å². The van der Waals surface area contributed by atoms with Gasteiger partial charge in [-0.2, -0.15) is 0 Å². The molecule has 0 saturated carbocycles. The number of anilines is 2. The molecule has 146 valence electrons. The lowest BCUT2D eigenvalue weighted by molar-refractivity contribution is 0.355. The van der Waals surface area contributed by atoms with E-state index in [0.29, 0.717) is 11.5 Å². The molecule has 0 aliphatic heterocycles. The van der Waals surface area contributed by atoms with Crippen LogP contribution in [0.1, 0.15) is 25.0 Å². The van der Waals surface area contributed by atoms with Crippen molar-refractivity contribution in [3.05, 3.63) is 90.3 Å². The third-order valence-electron chi connectivity index (χ3n) is 5.71. The van der Waals surface area contributed by atoms with Gasteiger partial charge in [0.25, 0.3) is 0 Å². The van der Waals surface area contributed by atoms with E-state index in [-0.39, 0.29) is 5.41 Å². The van der Waals surface area contributed by atoms with Gasteiger partial charge in [-0.25, -0.2) is 0 Å². The SMILES string of the molecule is C=C=CN(c1ccc(OC)c(OC)c1)c1ccc2c(c1)C(C)(C)c1ccccc1-2. The zero-order valence-corrected chi connectivity index (χ0v) is 17.3. The minimum absolute atomic E-state index is 0.0525. The minimum atomic E-state index is -0.0525. The molecule has 29 heavy (non-hydrogen) atoms. The highest BCUT2D eigenvalue weighted by Gasteiger charge is 2.35. The normalized spacial score (nSPS) is 13.1. The molecule has 0 heterocycles. The van der Waals surface area contributed by atoms with E-state index in [1.54, 1.807) is 14.2 Å². The first kappa shape index (κ1) is 18.9. The molecule has 3 nitrogen and oxygen atoms in total. The lowest BCUT2D eigenvalue weighted by Gasteiger charge is -2.25. The van der Waals surface area contributed by atoms with Gasteiger partial charge in [0.1, 0.15) is 0 Å². The number of benzene rings is 3. The maximum Gasteiger partial charge on any atom is 0.162 e. The molecule has 0 atom stereocenters. The van der Waals surface area contributed by atoms with Crippen LogP contribution in [0.4, 0.5) is 11.4 Å². The summed E-state index contributed by atoms with van der Waals surface area (Å²) in [6.45, 7) is 8.35. The van der Waals surface area contributed by atoms with Crippen molar-refractivity contribution in [2.45, 2.75) is 19.3 Å². The maximum atomic E-state index is 5.49. The van der Waals surface area contributed by atoms with Crippen molar-refractivity contribution in [1.82, 2.24) is 0 Å². The zero-order chi connectivity index (χ0) is 20.6. The van der Waals surface area contributed by atoms with Gasteiger partial charge in [0.2, 0.25) is 0 Å². The quantitative estimate of drug-likeness (QED) is 0.473. The highest BCUT2D eigenvalue weighted by molar-refractivity contribution is 5.83. The molecule has 0 bridgehead atoms. The molecule has 0 fully saturated rings. The lowest BCUT2D eigenvalue weighted by Crippen LogP contribution is -2.16. The summed E-state index contributed by atoms with van der Waals surface area (Å²) in [6, 6.07) is 21.1. The third-order valence-corrected chi connectivity index (χ3v) is 5.71. The van der Waals surface area contributed by atoms with E-state index in [1.807, 2.05) is 24.4 Å². The number of rotatable bonds is 5. The van der Waals surface area contributed by atoms with Crippen molar-refractivity contribution in [3.8, 4) is 22.6 Å². The van der Waals surface area contributed by atoms with E-state index in [2.05, 4.69) is 73.5 Å². The Labute approximate surface area is 172 Å². The van der Waals surface area contributed by atoms with Gasteiger partial charge in [0, 0.05) is 17.2 Å². The molecular weight excluding hydrogens is 358 g/mol. The van der Waals surface area contributed by atoms with Crippen molar-refractivity contribution in [2.75, 3.05) is 19.1 Å². The van der Waals surface area contributed by atoms with Gasteiger partial charge in [-0.15, -0.1) is 5.73 Å². The lowest BCUT2D eigenvalue weighted by atomic mass is 9.82. The van der Waals surface area contributed by atoms with Crippen LogP contribution in [0.15, 0.2) is 79.2 Å². The Bertz CT molecular complexity index is 1120. The van der Waals surface area contributed by atoms with Gasteiger partial charge in [0.15, 0.2) is 11.5 Å². The molecule has 0 radical (unpaired) electrons. The van der Waals surface area contributed by atoms with Crippen LogP contribution in [-0.2, 0) is 5.41 Å². The van der Waals surface area contributed by atoms with E-state index < -0.39 is 0 Å². The van der Waals surface area contributed by atoms with Crippen molar-refractivity contribution >= 4 is 11.4 Å². The monoisotopic (exact) mass is 383 g/mol. The predicted molar refractivity (Wildman–Crippen MR) is 119 cm³/mol. The van der Waals surface area contributed by atoms with E-state index in [4.69, 9.17) is 9.47 Å². The van der Waals surface area contributed by atoms with Crippen molar-refractivity contribution < 1.29 is 9.47 Å². The van der Waals surface area contributed by atoms with Crippen LogP contribution in [0.2, 0.25) is 0 Å². The summed E-state index contributed by atoms with van der Waals surface area (Å²) in [4.78, 5) is 2.06. The summed E-state index contributed by atoms with van der Waals surface area (Å²) in [6.07, 6.45) is 1.85. The summed E-state index contributed by atoms with van der Waals surface area (Å²) < 4.78 is 10.9. The van der Waals surface area contributed by atoms with E-state index in [1.165, 1.54) is 22.3 Å². The van der Waals surface area contributed by atoms with Crippen molar-refractivity contribution in [3.63, 3.8) is 0 Å². The van der Waals surface area contributed by atoms with Crippen LogP contribution in [-0.4, -0.2) is 14.2 Å². The Hall–Kier alpha value is -3.42. The first-order chi connectivity index (χ1) is 14.0. The number of hydrogen-bond acceptors (Lipinski definition) is 3. The van der Waals surface area contributed by atoms with E-state index in [0.717, 1.165) is 11.4 Å². The van der Waals surface area contributed by atoms with Crippen molar-refractivity contribution in [2.24, 2.45) is 0 Å². The van der Waals surface area contributed by atoms with Gasteiger partial charge < -0.3 is 14.4 Å². The molecule has 3 aromatic rings. The second kappa shape index (κ2) is 7.20. The molecule has 0 amide bonds. The fourth-order valence-electron chi connectivity index (χ4n) is 4.21. The standard InChI is InChI=1S/C26H25NO2/c1-6-15-27(19-12-14-24(28-4)25(17-19)29-5)18-11-13-21-20-9-7-8-10-22(20)26(2,3)23(21)16-18/h7-17H,1H2,2-5H3. The summed E-state index contributed by atoms with van der Waals surface area (Å²) in [5, 5.41) is 0. The average molecular weight is 383 g/mol. The second-order valence-corrected chi connectivity index (χ2v) is 7.64. The highest BCUT2D eigenvalue weighted by Crippen LogP contribution is 2.50. The zero-order valence-electron chi connectivity index (χ0n) is 17.3. The Morgan fingerprint density at radius 2 is 1.48 bits per heavy atom. The van der Waals surface area contributed by atoms with E-state index >= 15 is 0 Å². The van der Waals surface area contributed by atoms with Crippen LogP contribution in [0.5, 0.6) is 11.5 Å². The van der Waals surface area contributed by atoms with Gasteiger partial charge in [-0.3, -0.25) is 0 Å². The first-order valence-corrected chi connectivity index (χ1v) is 9.63. The molecule has 3 heteroatoms. The minimum Gasteiger partial charge on any atom is -0.493 e. The number of ether oxygens (including phenoxy) is 2. The van der Waals surface area contributed by atoms with Crippen LogP contribution in [0, 0.1) is 0 Å². The van der Waals surface area contributed by atoms with Crippen LogP contribution in [0.25, 0.3) is 11.1 Å². The Morgan fingerprint density at radius 1 is 0.828 bits per heavy atom. The molecule has 0 N–H and O–H groups in total. The third kappa shape index (κ3) is 3.00. The Morgan fingerprint density at radius 3 is 2.21 bits per heavy atom. The van der Waals surface area contributed by atoms with E-state index in [9.17, 15) is 0 Å². The number of hydrogen-bond donors (Lipinski definition) is 0. The molecule has 3 aromatic carbocycles. The number of fused-ring (bicyclic) bond motifs is 3. The first-order valence-electron chi connectivity index (χ1n) is 9.63. The molecule has 1 aliphatic rings. The van der Waals surface area contributed by atoms with Gasteiger partial charge in [-0.1, -0.05) is 50.8 Å². The Balaban J connectivity index is 1.84. The number of methoxy groups -OCH3 is 2. The fraction of sp³-hybridized carbons (Fsp3) is 0.192. The predicted octanol–water partition coefficient (Wildman–Crippen LogP) is 6.45. The molecule has 0 unspecified atom stereocenters. The summed E-state index contributed by atoms with van der Waals surface area (Å²) >= 11 is 0. The highest BCUT2D eigenvalue weighted by atomic mass is 16.5. The molecule has 0 saturated heterocycles. The molecule has 0 spiro atoms. The second-order valence-electron chi connectivity index (χ2n) is 7.64. The maximum absolute atomic E-state index is 5.49. The molecule has 1 aliphatic carbocycles. The van der Waals surface area contributed by atoms with Gasteiger partial charge in [-0.05, 0) is 46.5 Å². The van der Waals surface area contributed by atoms with Crippen LogP contribution < -0.4 is 14.4 Å². The number of nitrogens with zero attached hydrogens (tertiary/aromatic N) is 1. The summed E-state index contributed by atoms with van der Waals surface area (Å²) in [5.74, 6) is 1.38. The fourth-order valence-corrected chi connectivity index (χ4v) is 4.21. The smallest absolute Gasteiger partial charge is 0.162 e. The van der Waals surface area contributed by atoms with Gasteiger partial charge in [0.05, 0.1) is 26.1 Å². The average Bonchev–Trinajstić information content (AvgIpc) is 2.98. The van der Waals surface area contributed by atoms with Crippen LogP contribution >= 0.6 is 0 Å². The van der Waals surface area contributed by atoms with Crippen LogP contribution in [0.3, 0.4) is 0 Å². The topological polar surface area (TPSA) is 21.7 Å². The Kier molecular flexibility index (Phi) is 4.70. The largest absolute Gasteiger partial charge is 0.493 e. The summed E-state index contributed by atoms with van der Waals surface area (Å²) in [5.41, 5.74) is 10.2. The molecule has 4 rings (SSSR count). The summed E-state index contributed by atoms with van der Waals surface area (Å²) in [7, 11) is 3.28.